The van der Waals surface area contributed by atoms with Crippen molar-refractivity contribution in [3.63, 3.8) is 0 Å². The van der Waals surface area contributed by atoms with Crippen LogP contribution in [0.1, 0.15) is 20.8 Å². The summed E-state index contributed by atoms with van der Waals surface area (Å²) in [6.07, 6.45) is 3.16. The summed E-state index contributed by atoms with van der Waals surface area (Å²) in [6, 6.07) is 6.15. The molecule has 1 fully saturated rings. The molecule has 1 aliphatic heterocycles. The van der Waals surface area contributed by atoms with Crippen LogP contribution in [0.5, 0.6) is 0 Å². The lowest BCUT2D eigenvalue weighted by atomic mass is 9.96. The van der Waals surface area contributed by atoms with E-state index in [1.807, 2.05) is 13.2 Å². The number of thioether (sulfide) groups is 1. The molecule has 1 atom stereocenters. The van der Waals surface area contributed by atoms with Gasteiger partial charge in [0.2, 0.25) is 5.91 Å². The summed E-state index contributed by atoms with van der Waals surface area (Å²) in [7, 11) is 0. The van der Waals surface area contributed by atoms with E-state index in [2.05, 4.69) is 10.1 Å². The maximum Gasteiger partial charge on any atom is 0.252 e. The van der Waals surface area contributed by atoms with Crippen LogP contribution in [0.2, 0.25) is 5.02 Å². The monoisotopic (exact) mass is 490 g/mol. The standard InChI is InChI=1S/C22H24ClFN6O2S/c1-12(33-4)20(31)29-8-7-28(21(32)22(29,2)3)17-9-13(5-6-15(17)24)16-10-14(23)18-19(25)26-11-27-30(16)18/h5-6,9-12H,7-8H2,1-4H3,(H2,25,26,27). The zero-order valence-electron chi connectivity index (χ0n) is 18.7. The Morgan fingerprint density at radius 1 is 1.30 bits per heavy atom. The Kier molecular flexibility index (Phi) is 6.00. The molecule has 11 heteroatoms. The third-order valence-corrected chi connectivity index (χ3v) is 7.22. The van der Waals surface area contributed by atoms with Crippen molar-refractivity contribution in [2.75, 3.05) is 30.0 Å². The van der Waals surface area contributed by atoms with Crippen LogP contribution in [0, 0.1) is 5.82 Å². The number of halogens is 2. The molecular weight excluding hydrogens is 467 g/mol. The van der Waals surface area contributed by atoms with E-state index in [1.54, 1.807) is 36.9 Å². The Morgan fingerprint density at radius 3 is 2.73 bits per heavy atom. The van der Waals surface area contributed by atoms with Crippen molar-refractivity contribution >= 4 is 52.2 Å². The lowest BCUT2D eigenvalue weighted by Crippen LogP contribution is -2.66. The summed E-state index contributed by atoms with van der Waals surface area (Å²) in [5, 5.41) is 4.31. The molecule has 0 saturated carbocycles. The Balaban J connectivity index is 1.74. The second kappa shape index (κ2) is 8.49. The zero-order chi connectivity index (χ0) is 24.1. The molecule has 3 aromatic rings. The topological polar surface area (TPSA) is 96.8 Å². The van der Waals surface area contributed by atoms with Crippen LogP contribution in [0.25, 0.3) is 16.8 Å². The van der Waals surface area contributed by atoms with E-state index in [9.17, 15) is 14.0 Å². The molecule has 0 aliphatic carbocycles. The molecule has 3 heterocycles. The van der Waals surface area contributed by atoms with Gasteiger partial charge in [-0.15, -0.1) is 0 Å². The van der Waals surface area contributed by atoms with Crippen LogP contribution in [-0.2, 0) is 9.59 Å². The number of hydrogen-bond donors (Lipinski definition) is 1. The number of benzene rings is 1. The van der Waals surface area contributed by atoms with Crippen molar-refractivity contribution in [2.24, 2.45) is 0 Å². The highest BCUT2D eigenvalue weighted by Crippen LogP contribution is 2.35. The van der Waals surface area contributed by atoms with E-state index in [0.717, 1.165) is 0 Å². The second-order valence-corrected chi connectivity index (χ2v) is 9.92. The number of fused-ring (bicyclic) bond motifs is 1. The highest BCUT2D eigenvalue weighted by Gasteiger charge is 2.46. The minimum Gasteiger partial charge on any atom is -0.382 e. The predicted octanol–water partition coefficient (Wildman–Crippen LogP) is 3.48. The number of carbonyl (C=O) groups excluding carboxylic acids is 2. The molecule has 2 N–H and O–H groups in total. The third-order valence-electron chi connectivity index (χ3n) is 6.03. The summed E-state index contributed by atoms with van der Waals surface area (Å²) in [4.78, 5) is 33.2. The van der Waals surface area contributed by atoms with E-state index in [0.29, 0.717) is 28.3 Å². The Bertz CT molecular complexity index is 1260. The summed E-state index contributed by atoms with van der Waals surface area (Å²) in [5.74, 6) is -0.778. The molecular formula is C22H24ClFN6O2S. The van der Waals surface area contributed by atoms with Gasteiger partial charge < -0.3 is 15.5 Å². The van der Waals surface area contributed by atoms with Gasteiger partial charge in [-0.3, -0.25) is 9.59 Å². The molecule has 2 amide bonds. The summed E-state index contributed by atoms with van der Waals surface area (Å²) in [5.41, 5.74) is 6.58. The highest BCUT2D eigenvalue weighted by molar-refractivity contribution is 7.99. The first-order chi connectivity index (χ1) is 15.6. The number of amides is 2. The van der Waals surface area contributed by atoms with Crippen molar-refractivity contribution in [3.05, 3.63) is 41.4 Å². The number of nitrogens with two attached hydrogens (primary N) is 1. The molecule has 1 unspecified atom stereocenters. The first-order valence-electron chi connectivity index (χ1n) is 10.3. The number of piperazine rings is 1. The lowest BCUT2D eigenvalue weighted by molar-refractivity contribution is -0.146. The van der Waals surface area contributed by atoms with Crippen LogP contribution >= 0.6 is 23.4 Å². The fraction of sp³-hybridized carbons (Fsp3) is 0.364. The summed E-state index contributed by atoms with van der Waals surface area (Å²) >= 11 is 7.76. The van der Waals surface area contributed by atoms with Gasteiger partial charge in [0.15, 0.2) is 5.82 Å². The molecule has 0 bridgehead atoms. The normalized spacial score (nSPS) is 17.0. The molecule has 2 aromatic heterocycles. The van der Waals surface area contributed by atoms with E-state index >= 15 is 0 Å². The fourth-order valence-electron chi connectivity index (χ4n) is 4.07. The van der Waals surface area contributed by atoms with E-state index < -0.39 is 11.4 Å². The maximum absolute atomic E-state index is 15.0. The Hall–Kier alpha value is -2.85. The van der Waals surface area contributed by atoms with Crippen molar-refractivity contribution < 1.29 is 14.0 Å². The van der Waals surface area contributed by atoms with Crippen molar-refractivity contribution in [1.29, 1.82) is 0 Å². The van der Waals surface area contributed by atoms with Crippen LogP contribution in [0.3, 0.4) is 0 Å². The third kappa shape index (κ3) is 3.80. The van der Waals surface area contributed by atoms with Crippen LogP contribution in [0.15, 0.2) is 30.6 Å². The number of hydrogen-bond acceptors (Lipinski definition) is 6. The van der Waals surface area contributed by atoms with Gasteiger partial charge in [-0.1, -0.05) is 11.6 Å². The molecule has 33 heavy (non-hydrogen) atoms. The highest BCUT2D eigenvalue weighted by atomic mass is 35.5. The van der Waals surface area contributed by atoms with Crippen LogP contribution < -0.4 is 10.6 Å². The van der Waals surface area contributed by atoms with Gasteiger partial charge in [0.1, 0.15) is 23.2 Å². The lowest BCUT2D eigenvalue weighted by Gasteiger charge is -2.46. The fourth-order valence-corrected chi connectivity index (χ4v) is 4.68. The quantitative estimate of drug-likeness (QED) is 0.601. The Labute approximate surface area is 199 Å². The molecule has 0 spiro atoms. The molecule has 1 aliphatic rings. The number of nitrogen functional groups attached to an aromatic ring is 1. The van der Waals surface area contributed by atoms with Gasteiger partial charge in [-0.25, -0.2) is 13.9 Å². The summed E-state index contributed by atoms with van der Waals surface area (Å²) in [6.45, 7) is 5.67. The van der Waals surface area contributed by atoms with Crippen molar-refractivity contribution in [1.82, 2.24) is 19.5 Å². The SMILES string of the molecule is CSC(C)C(=O)N1CCN(c2cc(-c3cc(Cl)c4c(N)ncnn34)ccc2F)C(=O)C1(C)C. The average molecular weight is 491 g/mol. The number of carbonyl (C=O) groups is 2. The first kappa shape index (κ1) is 23.3. The van der Waals surface area contributed by atoms with Gasteiger partial charge in [0.25, 0.3) is 5.91 Å². The minimum absolute atomic E-state index is 0.110. The molecule has 174 valence electrons. The largest absolute Gasteiger partial charge is 0.382 e. The zero-order valence-corrected chi connectivity index (χ0v) is 20.2. The van der Waals surface area contributed by atoms with E-state index in [4.69, 9.17) is 17.3 Å². The maximum atomic E-state index is 15.0. The number of aromatic nitrogens is 3. The molecule has 1 aromatic carbocycles. The van der Waals surface area contributed by atoms with Gasteiger partial charge in [-0.2, -0.15) is 16.9 Å². The van der Waals surface area contributed by atoms with Gasteiger partial charge in [0, 0.05) is 18.7 Å². The minimum atomic E-state index is -1.12. The second-order valence-electron chi connectivity index (χ2n) is 8.33. The summed E-state index contributed by atoms with van der Waals surface area (Å²) < 4.78 is 16.5. The van der Waals surface area contributed by atoms with Gasteiger partial charge in [0.05, 0.1) is 21.7 Å². The molecule has 1 saturated heterocycles. The smallest absolute Gasteiger partial charge is 0.252 e. The first-order valence-corrected chi connectivity index (χ1v) is 12.0. The van der Waals surface area contributed by atoms with Crippen molar-refractivity contribution in [2.45, 2.75) is 31.6 Å². The molecule has 0 radical (unpaired) electrons. The molecule has 4 rings (SSSR count). The van der Waals surface area contributed by atoms with Crippen LogP contribution in [0.4, 0.5) is 15.9 Å². The Morgan fingerprint density at radius 2 is 2.03 bits per heavy atom. The van der Waals surface area contributed by atoms with E-state index in [-0.39, 0.29) is 35.1 Å². The van der Waals surface area contributed by atoms with E-state index in [1.165, 1.54) is 33.6 Å². The van der Waals surface area contributed by atoms with Gasteiger partial charge in [-0.05, 0) is 51.3 Å². The van der Waals surface area contributed by atoms with Gasteiger partial charge >= 0.3 is 0 Å². The van der Waals surface area contributed by atoms with Crippen molar-refractivity contribution in [3.8, 4) is 11.3 Å². The predicted molar refractivity (Wildman–Crippen MR) is 129 cm³/mol. The number of rotatable bonds is 4. The number of anilines is 2. The number of nitrogens with zero attached hydrogens (tertiary/aromatic N) is 5. The molecule has 8 nitrogen and oxygen atoms in total. The average Bonchev–Trinajstić information content (AvgIpc) is 3.13. The van der Waals surface area contributed by atoms with Crippen LogP contribution in [-0.4, -0.2) is 61.4 Å².